The Morgan fingerprint density at radius 2 is 1.72 bits per heavy atom. The third-order valence-electron chi connectivity index (χ3n) is 4.36. The number of hydrogen-bond donors (Lipinski definition) is 5. The molecule has 10 heteroatoms. The summed E-state index contributed by atoms with van der Waals surface area (Å²) in [6.45, 7) is 1.43. The van der Waals surface area contributed by atoms with Crippen LogP contribution < -0.4 is 26.6 Å². The van der Waals surface area contributed by atoms with Crippen LogP contribution in [0.2, 0.25) is 0 Å². The predicted octanol–water partition coefficient (Wildman–Crippen LogP) is 0.747. The minimum absolute atomic E-state index is 0.0519. The first-order chi connectivity index (χ1) is 13.9. The van der Waals surface area contributed by atoms with Gasteiger partial charge in [-0.1, -0.05) is 0 Å². The maximum Gasteiger partial charge on any atom is 0.234 e. The first-order valence-electron chi connectivity index (χ1n) is 9.51. The lowest BCUT2D eigenvalue weighted by atomic mass is 10.1. The fourth-order valence-electron chi connectivity index (χ4n) is 2.90. The van der Waals surface area contributed by atoms with Crippen molar-refractivity contribution in [3.63, 3.8) is 0 Å². The van der Waals surface area contributed by atoms with Crippen LogP contribution in [0.4, 0.5) is 11.4 Å². The van der Waals surface area contributed by atoms with Gasteiger partial charge in [0.2, 0.25) is 23.6 Å². The summed E-state index contributed by atoms with van der Waals surface area (Å²) >= 11 is 1.25. The van der Waals surface area contributed by atoms with Crippen LogP contribution in [0.1, 0.15) is 32.6 Å². The van der Waals surface area contributed by atoms with E-state index in [1.807, 2.05) is 0 Å². The molecular formula is C19H25N5O4S. The summed E-state index contributed by atoms with van der Waals surface area (Å²) in [7, 11) is 0. The molecule has 0 radical (unpaired) electrons. The number of thioether (sulfide) groups is 1. The quantitative estimate of drug-likeness (QED) is 0.423. The van der Waals surface area contributed by atoms with E-state index in [9.17, 15) is 19.2 Å². The van der Waals surface area contributed by atoms with Crippen molar-refractivity contribution in [3.8, 4) is 0 Å². The average molecular weight is 420 g/mol. The van der Waals surface area contributed by atoms with Gasteiger partial charge in [0.15, 0.2) is 0 Å². The Morgan fingerprint density at radius 1 is 1.07 bits per heavy atom. The van der Waals surface area contributed by atoms with Gasteiger partial charge in [0, 0.05) is 43.2 Å². The maximum absolute atomic E-state index is 12.2. The zero-order chi connectivity index (χ0) is 20.8. The number of carbonyl (C=O) groups excluding carboxylic acids is 4. The van der Waals surface area contributed by atoms with Crippen LogP contribution in [0, 0.1) is 0 Å². The molecule has 5 N–H and O–H groups in total. The van der Waals surface area contributed by atoms with Crippen LogP contribution in [0.5, 0.6) is 0 Å². The number of benzene rings is 1. The van der Waals surface area contributed by atoms with E-state index >= 15 is 0 Å². The Balaban J connectivity index is 1.41. The second-order valence-electron chi connectivity index (χ2n) is 7.18. The lowest BCUT2D eigenvalue weighted by molar-refractivity contribution is -0.125. The summed E-state index contributed by atoms with van der Waals surface area (Å²) in [6.07, 6.45) is 2.53. The molecule has 1 aliphatic heterocycles. The van der Waals surface area contributed by atoms with Gasteiger partial charge in [-0.2, -0.15) is 0 Å². The highest BCUT2D eigenvalue weighted by Gasteiger charge is 2.30. The van der Waals surface area contributed by atoms with Crippen molar-refractivity contribution in [1.82, 2.24) is 16.0 Å². The van der Waals surface area contributed by atoms with Crippen molar-refractivity contribution < 1.29 is 19.2 Å². The fourth-order valence-corrected chi connectivity index (χ4v) is 3.79. The second-order valence-corrected chi connectivity index (χ2v) is 8.27. The molecule has 0 spiro atoms. The molecule has 1 aromatic carbocycles. The molecule has 29 heavy (non-hydrogen) atoms. The van der Waals surface area contributed by atoms with E-state index in [2.05, 4.69) is 26.6 Å². The summed E-state index contributed by atoms with van der Waals surface area (Å²) in [5.41, 5.74) is 0.832. The lowest BCUT2D eigenvalue weighted by Gasteiger charge is -2.30. The van der Waals surface area contributed by atoms with E-state index in [-0.39, 0.29) is 48.3 Å². The topological polar surface area (TPSA) is 128 Å². The molecule has 0 aromatic heterocycles. The molecule has 3 rings (SSSR count). The van der Waals surface area contributed by atoms with Crippen LogP contribution in [0.25, 0.3) is 0 Å². The molecule has 2 unspecified atom stereocenters. The molecule has 156 valence electrons. The average Bonchev–Trinajstić information content (AvgIpc) is 3.44. The summed E-state index contributed by atoms with van der Waals surface area (Å²) in [6, 6.07) is 6.84. The van der Waals surface area contributed by atoms with Crippen molar-refractivity contribution in [2.24, 2.45) is 0 Å². The molecule has 4 amide bonds. The molecule has 2 atom stereocenters. The number of rotatable bonds is 8. The SMILES string of the molecule is CC(=O)Nc1ccc(NC(=O)CSC2NC(=O)CC(CC(=O)NC3CC3)N2)cc1. The van der Waals surface area contributed by atoms with Gasteiger partial charge in [-0.3, -0.25) is 24.5 Å². The molecule has 2 aliphatic rings. The van der Waals surface area contributed by atoms with Crippen LogP contribution in [-0.2, 0) is 19.2 Å². The lowest BCUT2D eigenvalue weighted by Crippen LogP contribution is -2.56. The largest absolute Gasteiger partial charge is 0.353 e. The van der Waals surface area contributed by atoms with Gasteiger partial charge in [0.1, 0.15) is 5.50 Å². The van der Waals surface area contributed by atoms with E-state index in [0.29, 0.717) is 17.4 Å². The number of amides is 4. The summed E-state index contributed by atoms with van der Waals surface area (Å²) in [5, 5.41) is 14.3. The minimum atomic E-state index is -0.428. The number of anilines is 2. The first-order valence-corrected chi connectivity index (χ1v) is 10.6. The number of carbonyl (C=O) groups is 4. The van der Waals surface area contributed by atoms with Crippen molar-refractivity contribution in [1.29, 1.82) is 0 Å². The Hall–Kier alpha value is -2.59. The molecule has 2 fully saturated rings. The second kappa shape index (κ2) is 9.75. The molecular weight excluding hydrogens is 394 g/mol. The van der Waals surface area contributed by atoms with Gasteiger partial charge in [-0.15, -0.1) is 11.8 Å². The van der Waals surface area contributed by atoms with E-state index in [0.717, 1.165) is 12.8 Å². The summed E-state index contributed by atoms with van der Waals surface area (Å²) in [4.78, 5) is 47.1. The van der Waals surface area contributed by atoms with Gasteiger partial charge in [-0.25, -0.2) is 0 Å². The third-order valence-corrected chi connectivity index (χ3v) is 5.37. The fraction of sp³-hybridized carbons (Fsp3) is 0.474. The van der Waals surface area contributed by atoms with Crippen molar-refractivity contribution in [2.75, 3.05) is 16.4 Å². The molecule has 0 bridgehead atoms. The van der Waals surface area contributed by atoms with Crippen molar-refractivity contribution in [3.05, 3.63) is 24.3 Å². The normalized spacial score (nSPS) is 21.1. The smallest absolute Gasteiger partial charge is 0.234 e. The molecule has 1 aromatic rings. The van der Waals surface area contributed by atoms with Crippen molar-refractivity contribution in [2.45, 2.75) is 50.2 Å². The van der Waals surface area contributed by atoms with Crippen LogP contribution in [0.15, 0.2) is 24.3 Å². The van der Waals surface area contributed by atoms with Crippen LogP contribution in [-0.4, -0.2) is 47.0 Å². The van der Waals surface area contributed by atoms with Gasteiger partial charge in [0.05, 0.1) is 5.75 Å². The van der Waals surface area contributed by atoms with Crippen LogP contribution in [0.3, 0.4) is 0 Å². The monoisotopic (exact) mass is 419 g/mol. The zero-order valence-corrected chi connectivity index (χ0v) is 16.9. The molecule has 1 heterocycles. The highest BCUT2D eigenvalue weighted by atomic mass is 32.2. The number of hydrogen-bond acceptors (Lipinski definition) is 6. The third kappa shape index (κ3) is 7.39. The van der Waals surface area contributed by atoms with Gasteiger partial charge >= 0.3 is 0 Å². The zero-order valence-electron chi connectivity index (χ0n) is 16.1. The van der Waals surface area contributed by atoms with E-state index in [1.54, 1.807) is 24.3 Å². The molecule has 1 aliphatic carbocycles. The standard InChI is InChI=1S/C19H25N5O4S/c1-11(25)20-12-2-4-14(5-3-12)22-18(28)10-29-19-23-15(9-17(27)24-19)8-16(26)21-13-6-7-13/h2-5,13,15,19,23H,6-10H2,1H3,(H,20,25)(H,21,26)(H,22,28)(H,24,27). The summed E-state index contributed by atoms with van der Waals surface area (Å²) in [5.74, 6) is -0.439. The van der Waals surface area contributed by atoms with E-state index in [4.69, 9.17) is 0 Å². The highest BCUT2D eigenvalue weighted by Crippen LogP contribution is 2.20. The first kappa shape index (κ1) is 21.1. The Kier molecular flexibility index (Phi) is 7.10. The Labute approximate surface area is 173 Å². The minimum Gasteiger partial charge on any atom is -0.353 e. The maximum atomic E-state index is 12.2. The van der Waals surface area contributed by atoms with E-state index < -0.39 is 5.50 Å². The molecule has 1 saturated heterocycles. The van der Waals surface area contributed by atoms with Gasteiger partial charge in [0.25, 0.3) is 0 Å². The Morgan fingerprint density at radius 3 is 2.34 bits per heavy atom. The predicted molar refractivity (Wildman–Crippen MR) is 111 cm³/mol. The highest BCUT2D eigenvalue weighted by molar-refractivity contribution is 8.00. The van der Waals surface area contributed by atoms with Gasteiger partial charge < -0.3 is 21.3 Å². The van der Waals surface area contributed by atoms with Crippen molar-refractivity contribution >= 4 is 46.8 Å². The molecule has 9 nitrogen and oxygen atoms in total. The summed E-state index contributed by atoms with van der Waals surface area (Å²) < 4.78 is 0. The molecule has 1 saturated carbocycles. The van der Waals surface area contributed by atoms with Gasteiger partial charge in [-0.05, 0) is 37.1 Å². The van der Waals surface area contributed by atoms with Crippen LogP contribution >= 0.6 is 11.8 Å². The Bertz CT molecular complexity index is 781. The number of nitrogens with one attached hydrogen (secondary N) is 5. The van der Waals surface area contributed by atoms with E-state index in [1.165, 1.54) is 18.7 Å².